The Morgan fingerprint density at radius 2 is 1.59 bits per heavy atom. The molecule has 1 nitrogen and oxygen atoms in total. The molecule has 2 aromatic rings. The van der Waals surface area contributed by atoms with E-state index in [-0.39, 0.29) is 0 Å². The molecule has 0 spiro atoms. The maximum absolute atomic E-state index is 2.70. The normalized spacial score (nSPS) is 21.5. The van der Waals surface area contributed by atoms with Gasteiger partial charge in [0.25, 0.3) is 0 Å². The van der Waals surface area contributed by atoms with Crippen molar-refractivity contribution in [3.8, 4) is 11.1 Å². The SMILES string of the molecule is c1ccc(-c2ccc3c(c2)CC2CCCCCCCN32)cc1. The van der Waals surface area contributed by atoms with Gasteiger partial charge in [0.2, 0.25) is 0 Å². The van der Waals surface area contributed by atoms with Crippen molar-refractivity contribution < 1.29 is 0 Å². The fraction of sp³-hybridized carbons (Fsp3) is 0.429. The summed E-state index contributed by atoms with van der Waals surface area (Å²) in [5.41, 5.74) is 5.77. The maximum atomic E-state index is 2.70. The van der Waals surface area contributed by atoms with Gasteiger partial charge >= 0.3 is 0 Å². The second-order valence-corrected chi connectivity index (χ2v) is 6.82. The van der Waals surface area contributed by atoms with Crippen molar-refractivity contribution in [3.63, 3.8) is 0 Å². The first-order valence-electron chi connectivity index (χ1n) is 8.87. The van der Waals surface area contributed by atoms with Crippen molar-refractivity contribution in [1.82, 2.24) is 0 Å². The topological polar surface area (TPSA) is 3.24 Å². The van der Waals surface area contributed by atoms with Gasteiger partial charge in [0, 0.05) is 18.3 Å². The van der Waals surface area contributed by atoms with E-state index in [4.69, 9.17) is 0 Å². The summed E-state index contributed by atoms with van der Waals surface area (Å²) in [6.45, 7) is 1.25. The molecule has 114 valence electrons. The summed E-state index contributed by atoms with van der Waals surface area (Å²) in [4.78, 5) is 2.70. The molecule has 0 radical (unpaired) electrons. The monoisotopic (exact) mass is 291 g/mol. The van der Waals surface area contributed by atoms with Crippen LogP contribution in [0, 0.1) is 0 Å². The van der Waals surface area contributed by atoms with Crippen molar-refractivity contribution in [3.05, 3.63) is 54.1 Å². The Hall–Kier alpha value is -1.76. The largest absolute Gasteiger partial charge is 0.368 e. The average Bonchev–Trinajstić information content (AvgIpc) is 2.95. The molecule has 1 heteroatoms. The Morgan fingerprint density at radius 3 is 2.50 bits per heavy atom. The number of hydrogen-bond donors (Lipinski definition) is 0. The summed E-state index contributed by atoms with van der Waals surface area (Å²) in [7, 11) is 0. The molecule has 22 heavy (non-hydrogen) atoms. The number of benzene rings is 2. The Labute approximate surface area is 134 Å². The predicted molar refractivity (Wildman–Crippen MR) is 94.4 cm³/mol. The molecular formula is C21H25N. The van der Waals surface area contributed by atoms with E-state index in [9.17, 15) is 0 Å². The molecule has 1 unspecified atom stereocenters. The number of rotatable bonds is 1. The summed E-state index contributed by atoms with van der Waals surface area (Å²) < 4.78 is 0. The van der Waals surface area contributed by atoms with E-state index < -0.39 is 0 Å². The minimum atomic E-state index is 0.749. The molecule has 0 amide bonds. The molecule has 2 aliphatic rings. The van der Waals surface area contributed by atoms with Crippen LogP contribution in [-0.4, -0.2) is 12.6 Å². The molecular weight excluding hydrogens is 266 g/mol. The second kappa shape index (κ2) is 6.16. The quantitative estimate of drug-likeness (QED) is 0.676. The van der Waals surface area contributed by atoms with Crippen LogP contribution in [-0.2, 0) is 6.42 Å². The average molecular weight is 291 g/mol. The number of hydrogen-bond acceptors (Lipinski definition) is 1. The van der Waals surface area contributed by atoms with Gasteiger partial charge in [-0.3, -0.25) is 0 Å². The van der Waals surface area contributed by atoms with Gasteiger partial charge in [0.15, 0.2) is 0 Å². The van der Waals surface area contributed by atoms with Crippen LogP contribution in [0.15, 0.2) is 48.5 Å². The Balaban J connectivity index is 1.64. The van der Waals surface area contributed by atoms with Gasteiger partial charge in [-0.05, 0) is 48.1 Å². The van der Waals surface area contributed by atoms with Crippen molar-refractivity contribution >= 4 is 5.69 Å². The Bertz CT molecular complexity index is 632. The Kier molecular flexibility index (Phi) is 3.88. The van der Waals surface area contributed by atoms with E-state index in [2.05, 4.69) is 53.4 Å². The van der Waals surface area contributed by atoms with Gasteiger partial charge in [-0.25, -0.2) is 0 Å². The molecule has 0 bridgehead atoms. The Morgan fingerprint density at radius 1 is 0.773 bits per heavy atom. The lowest BCUT2D eigenvalue weighted by Gasteiger charge is -2.27. The molecule has 0 aromatic heterocycles. The third-order valence-corrected chi connectivity index (χ3v) is 5.33. The summed E-state index contributed by atoms with van der Waals surface area (Å²) in [5, 5.41) is 0. The lowest BCUT2D eigenvalue weighted by Crippen LogP contribution is -2.32. The number of anilines is 1. The second-order valence-electron chi connectivity index (χ2n) is 6.82. The zero-order valence-corrected chi connectivity index (χ0v) is 13.3. The molecule has 1 atom stereocenters. The molecule has 4 rings (SSSR count). The smallest absolute Gasteiger partial charge is 0.0402 e. The molecule has 2 aliphatic heterocycles. The van der Waals surface area contributed by atoms with Crippen LogP contribution in [0.2, 0.25) is 0 Å². The lowest BCUT2D eigenvalue weighted by atomic mass is 9.99. The highest BCUT2D eigenvalue weighted by atomic mass is 15.2. The molecule has 0 aliphatic carbocycles. The predicted octanol–water partition coefficient (Wildman–Crippen LogP) is 5.44. The first-order valence-corrected chi connectivity index (χ1v) is 8.87. The van der Waals surface area contributed by atoms with Crippen molar-refractivity contribution in [2.75, 3.05) is 11.4 Å². The third kappa shape index (κ3) is 2.65. The van der Waals surface area contributed by atoms with E-state index in [0.717, 1.165) is 6.04 Å². The van der Waals surface area contributed by atoms with Gasteiger partial charge in [0.05, 0.1) is 0 Å². The maximum Gasteiger partial charge on any atom is 0.0402 e. The van der Waals surface area contributed by atoms with Gasteiger partial charge in [-0.2, -0.15) is 0 Å². The minimum Gasteiger partial charge on any atom is -0.368 e. The minimum absolute atomic E-state index is 0.749. The highest BCUT2D eigenvalue weighted by Gasteiger charge is 2.29. The molecule has 0 N–H and O–H groups in total. The van der Waals surface area contributed by atoms with Crippen molar-refractivity contribution in [1.29, 1.82) is 0 Å². The number of nitrogens with zero attached hydrogens (tertiary/aromatic N) is 1. The van der Waals surface area contributed by atoms with Gasteiger partial charge in [0.1, 0.15) is 0 Å². The standard InChI is InChI=1S/C21H25N/c1-2-7-11-20-16-19-15-18(17-9-5-4-6-10-17)12-13-21(19)22(20)14-8-3-1/h4-6,9-10,12-13,15,20H,1-3,7-8,11,14,16H2. The van der Waals surface area contributed by atoms with Gasteiger partial charge < -0.3 is 4.90 Å². The van der Waals surface area contributed by atoms with E-state index in [1.807, 2.05) is 0 Å². The summed E-state index contributed by atoms with van der Waals surface area (Å²) in [6, 6.07) is 18.6. The highest BCUT2D eigenvalue weighted by Crippen LogP contribution is 2.37. The van der Waals surface area contributed by atoms with Crippen LogP contribution >= 0.6 is 0 Å². The third-order valence-electron chi connectivity index (χ3n) is 5.33. The summed E-state index contributed by atoms with van der Waals surface area (Å²) >= 11 is 0. The molecule has 2 heterocycles. The van der Waals surface area contributed by atoms with Crippen LogP contribution in [0.5, 0.6) is 0 Å². The number of fused-ring (bicyclic) bond motifs is 3. The van der Waals surface area contributed by atoms with Gasteiger partial charge in [-0.15, -0.1) is 0 Å². The summed E-state index contributed by atoms with van der Waals surface area (Å²) in [6.07, 6.45) is 9.64. The van der Waals surface area contributed by atoms with E-state index in [0.29, 0.717) is 0 Å². The first-order chi connectivity index (χ1) is 10.9. The van der Waals surface area contributed by atoms with Crippen LogP contribution < -0.4 is 4.90 Å². The zero-order valence-electron chi connectivity index (χ0n) is 13.3. The molecule has 1 saturated heterocycles. The van der Waals surface area contributed by atoms with Gasteiger partial charge in [-0.1, -0.05) is 62.1 Å². The van der Waals surface area contributed by atoms with Crippen LogP contribution in [0.1, 0.15) is 44.1 Å². The van der Waals surface area contributed by atoms with Crippen LogP contribution in [0.3, 0.4) is 0 Å². The van der Waals surface area contributed by atoms with Crippen LogP contribution in [0.4, 0.5) is 5.69 Å². The molecule has 1 fully saturated rings. The highest BCUT2D eigenvalue weighted by molar-refractivity contribution is 5.71. The van der Waals surface area contributed by atoms with Crippen LogP contribution in [0.25, 0.3) is 11.1 Å². The fourth-order valence-electron chi connectivity index (χ4n) is 4.15. The summed E-state index contributed by atoms with van der Waals surface area (Å²) in [5.74, 6) is 0. The zero-order chi connectivity index (χ0) is 14.8. The first kappa shape index (κ1) is 13.9. The fourth-order valence-corrected chi connectivity index (χ4v) is 4.15. The van der Waals surface area contributed by atoms with E-state index in [1.165, 1.54) is 68.3 Å². The van der Waals surface area contributed by atoms with E-state index in [1.54, 1.807) is 5.56 Å². The molecule has 2 aromatic carbocycles. The molecule has 0 saturated carbocycles. The van der Waals surface area contributed by atoms with Crippen molar-refractivity contribution in [2.24, 2.45) is 0 Å². The van der Waals surface area contributed by atoms with Crippen molar-refractivity contribution in [2.45, 2.75) is 51.0 Å². The lowest BCUT2D eigenvalue weighted by molar-refractivity contribution is 0.554. The van der Waals surface area contributed by atoms with E-state index >= 15 is 0 Å².